The van der Waals surface area contributed by atoms with Crippen molar-refractivity contribution in [2.24, 2.45) is 0 Å². The molecule has 1 saturated heterocycles. The van der Waals surface area contributed by atoms with Crippen molar-refractivity contribution in [1.82, 2.24) is 10.6 Å². The molecule has 0 bridgehead atoms. The van der Waals surface area contributed by atoms with Crippen molar-refractivity contribution in [2.45, 2.75) is 19.0 Å². The van der Waals surface area contributed by atoms with Gasteiger partial charge in [-0.25, -0.2) is 8.42 Å². The third-order valence-electron chi connectivity index (χ3n) is 3.43. The molecule has 1 aliphatic heterocycles. The molecule has 1 amide bonds. The van der Waals surface area contributed by atoms with Gasteiger partial charge in [0, 0.05) is 23.8 Å². The summed E-state index contributed by atoms with van der Waals surface area (Å²) >= 11 is 5.78. The van der Waals surface area contributed by atoms with E-state index in [0.29, 0.717) is 11.4 Å². The summed E-state index contributed by atoms with van der Waals surface area (Å²) in [4.78, 5) is 12.0. The molecule has 1 aromatic carbocycles. The van der Waals surface area contributed by atoms with E-state index in [-0.39, 0.29) is 29.7 Å². The first-order chi connectivity index (χ1) is 10.9. The van der Waals surface area contributed by atoms with Gasteiger partial charge in [-0.3, -0.25) is 4.79 Å². The molecule has 0 saturated carbocycles. The summed E-state index contributed by atoms with van der Waals surface area (Å²) in [5.41, 5.74) is 0.762. The van der Waals surface area contributed by atoms with Crippen molar-refractivity contribution in [3.05, 3.63) is 46.6 Å². The lowest BCUT2D eigenvalue weighted by Gasteiger charge is -2.09. The summed E-state index contributed by atoms with van der Waals surface area (Å²) < 4.78 is 22.7. The van der Waals surface area contributed by atoms with Crippen LogP contribution in [0, 0.1) is 11.3 Å². The minimum Gasteiger partial charge on any atom is -0.386 e. The van der Waals surface area contributed by atoms with Crippen molar-refractivity contribution in [3.63, 3.8) is 0 Å². The quantitative estimate of drug-likeness (QED) is 0.611. The Balaban J connectivity index is 1.89. The summed E-state index contributed by atoms with van der Waals surface area (Å²) in [6, 6.07) is 8.54. The van der Waals surface area contributed by atoms with Crippen LogP contribution in [-0.2, 0) is 21.2 Å². The average Bonchev–Trinajstić information content (AvgIpc) is 2.86. The van der Waals surface area contributed by atoms with Crippen molar-refractivity contribution in [1.29, 1.82) is 5.26 Å². The highest BCUT2D eigenvalue weighted by atomic mass is 35.5. The Morgan fingerprint density at radius 1 is 1.39 bits per heavy atom. The molecule has 1 atom stereocenters. The van der Waals surface area contributed by atoms with Crippen LogP contribution in [0.1, 0.15) is 12.0 Å². The molecule has 2 N–H and O–H groups in total. The SMILES string of the molecule is N#C/C(=C/NC1CCS(=O)(=O)C1)C(=O)NCc1ccc(Cl)cc1. The summed E-state index contributed by atoms with van der Waals surface area (Å²) in [6.07, 6.45) is 1.76. The van der Waals surface area contributed by atoms with E-state index < -0.39 is 15.7 Å². The Labute approximate surface area is 140 Å². The number of hydrogen-bond donors (Lipinski definition) is 2. The predicted molar refractivity (Wildman–Crippen MR) is 87.2 cm³/mol. The number of carbonyl (C=O) groups is 1. The van der Waals surface area contributed by atoms with Crippen LogP contribution >= 0.6 is 11.6 Å². The monoisotopic (exact) mass is 353 g/mol. The second kappa shape index (κ2) is 7.49. The van der Waals surface area contributed by atoms with Gasteiger partial charge in [0.1, 0.15) is 11.6 Å². The van der Waals surface area contributed by atoms with Crippen LogP contribution in [0.15, 0.2) is 36.0 Å². The fourth-order valence-electron chi connectivity index (χ4n) is 2.16. The molecule has 0 spiro atoms. The molecular formula is C15H16ClN3O3S. The van der Waals surface area contributed by atoms with E-state index in [2.05, 4.69) is 10.6 Å². The van der Waals surface area contributed by atoms with E-state index >= 15 is 0 Å². The highest BCUT2D eigenvalue weighted by Gasteiger charge is 2.27. The Morgan fingerprint density at radius 2 is 2.09 bits per heavy atom. The Bertz CT molecular complexity index is 751. The summed E-state index contributed by atoms with van der Waals surface area (Å²) in [5.74, 6) is -0.367. The number of nitriles is 1. The van der Waals surface area contributed by atoms with E-state index in [9.17, 15) is 13.2 Å². The zero-order valence-electron chi connectivity index (χ0n) is 12.3. The lowest BCUT2D eigenvalue weighted by molar-refractivity contribution is -0.117. The molecule has 8 heteroatoms. The fraction of sp³-hybridized carbons (Fsp3) is 0.333. The normalized spacial score (nSPS) is 19.8. The van der Waals surface area contributed by atoms with Crippen molar-refractivity contribution in [2.75, 3.05) is 11.5 Å². The smallest absolute Gasteiger partial charge is 0.263 e. The molecule has 0 aromatic heterocycles. The molecule has 1 aromatic rings. The van der Waals surface area contributed by atoms with Gasteiger partial charge < -0.3 is 10.6 Å². The second-order valence-corrected chi connectivity index (χ2v) is 7.91. The lowest BCUT2D eigenvalue weighted by atomic mass is 10.2. The first-order valence-corrected chi connectivity index (χ1v) is 9.19. The summed E-state index contributed by atoms with van der Waals surface area (Å²) in [7, 11) is -3.01. The topological polar surface area (TPSA) is 99.1 Å². The number of rotatable bonds is 5. The molecule has 6 nitrogen and oxygen atoms in total. The molecule has 122 valence electrons. The molecule has 23 heavy (non-hydrogen) atoms. The van der Waals surface area contributed by atoms with Crippen LogP contribution in [0.5, 0.6) is 0 Å². The number of nitrogens with zero attached hydrogens (tertiary/aromatic N) is 1. The van der Waals surface area contributed by atoms with Gasteiger partial charge in [-0.15, -0.1) is 0 Å². The van der Waals surface area contributed by atoms with E-state index in [1.54, 1.807) is 24.3 Å². The van der Waals surface area contributed by atoms with Gasteiger partial charge >= 0.3 is 0 Å². The number of benzene rings is 1. The minimum absolute atomic E-state index is 0.0224. The van der Waals surface area contributed by atoms with Crippen LogP contribution in [0.3, 0.4) is 0 Å². The molecule has 0 radical (unpaired) electrons. The molecule has 2 rings (SSSR count). The molecule has 1 aliphatic rings. The lowest BCUT2D eigenvalue weighted by Crippen LogP contribution is -2.29. The maximum atomic E-state index is 12.0. The Morgan fingerprint density at radius 3 is 2.65 bits per heavy atom. The first kappa shape index (κ1) is 17.3. The van der Waals surface area contributed by atoms with Gasteiger partial charge in [0.05, 0.1) is 11.5 Å². The highest BCUT2D eigenvalue weighted by molar-refractivity contribution is 7.91. The summed E-state index contributed by atoms with van der Waals surface area (Å²) in [6.45, 7) is 0.271. The van der Waals surface area contributed by atoms with E-state index in [1.165, 1.54) is 6.20 Å². The fourth-order valence-corrected chi connectivity index (χ4v) is 3.97. The van der Waals surface area contributed by atoms with Gasteiger partial charge in [0.2, 0.25) is 0 Å². The highest BCUT2D eigenvalue weighted by Crippen LogP contribution is 2.12. The summed E-state index contributed by atoms with van der Waals surface area (Å²) in [5, 5.41) is 15.1. The van der Waals surface area contributed by atoms with E-state index in [0.717, 1.165) is 5.56 Å². The molecule has 1 fully saturated rings. The number of carbonyl (C=O) groups excluding carboxylic acids is 1. The number of nitrogens with one attached hydrogen (secondary N) is 2. The van der Waals surface area contributed by atoms with E-state index in [4.69, 9.17) is 16.9 Å². The number of halogens is 1. The van der Waals surface area contributed by atoms with E-state index in [1.807, 2.05) is 6.07 Å². The largest absolute Gasteiger partial charge is 0.386 e. The maximum Gasteiger partial charge on any atom is 0.263 e. The molecule has 0 aliphatic carbocycles. The van der Waals surface area contributed by atoms with Gasteiger partial charge in [-0.05, 0) is 24.1 Å². The average molecular weight is 354 g/mol. The zero-order valence-corrected chi connectivity index (χ0v) is 13.8. The van der Waals surface area contributed by atoms with Gasteiger partial charge in [0.15, 0.2) is 9.84 Å². The van der Waals surface area contributed by atoms with Crippen molar-refractivity contribution >= 4 is 27.3 Å². The molecule has 1 unspecified atom stereocenters. The van der Waals surface area contributed by atoms with Gasteiger partial charge in [-0.2, -0.15) is 5.26 Å². The standard InChI is InChI=1S/C15H16ClN3O3S/c16-13-3-1-11(2-4-13)8-19-15(20)12(7-17)9-18-14-5-6-23(21,22)10-14/h1-4,9,14,18H,5-6,8,10H2,(H,19,20)/b12-9-. The molecule has 1 heterocycles. The van der Waals surface area contributed by atoms with Crippen molar-refractivity contribution in [3.8, 4) is 6.07 Å². The number of sulfone groups is 1. The minimum atomic E-state index is -3.01. The predicted octanol–water partition coefficient (Wildman–Crippen LogP) is 1.14. The van der Waals surface area contributed by atoms with Crippen LogP contribution in [0.4, 0.5) is 0 Å². The van der Waals surface area contributed by atoms with Crippen LogP contribution < -0.4 is 10.6 Å². The second-order valence-electron chi connectivity index (χ2n) is 5.25. The number of hydrogen-bond acceptors (Lipinski definition) is 5. The first-order valence-electron chi connectivity index (χ1n) is 6.99. The Kier molecular flexibility index (Phi) is 5.64. The third kappa shape index (κ3) is 5.27. The third-order valence-corrected chi connectivity index (χ3v) is 5.45. The van der Waals surface area contributed by atoms with Gasteiger partial charge in [-0.1, -0.05) is 23.7 Å². The number of amides is 1. The zero-order chi connectivity index (χ0) is 16.9. The van der Waals surface area contributed by atoms with Crippen LogP contribution in [0.25, 0.3) is 0 Å². The molecular weight excluding hydrogens is 338 g/mol. The van der Waals surface area contributed by atoms with Gasteiger partial charge in [0.25, 0.3) is 5.91 Å². The van der Waals surface area contributed by atoms with Crippen LogP contribution in [0.2, 0.25) is 5.02 Å². The maximum absolute atomic E-state index is 12.0. The van der Waals surface area contributed by atoms with Crippen LogP contribution in [-0.4, -0.2) is 31.9 Å². The van der Waals surface area contributed by atoms with Crippen molar-refractivity contribution < 1.29 is 13.2 Å². The Hall–Kier alpha value is -2.04.